The molecule has 1 aromatic rings. The van der Waals surface area contributed by atoms with E-state index in [0.29, 0.717) is 37.9 Å². The summed E-state index contributed by atoms with van der Waals surface area (Å²) in [4.78, 5) is 0. The van der Waals surface area contributed by atoms with Crippen LogP contribution >= 0.6 is 0 Å². The van der Waals surface area contributed by atoms with Gasteiger partial charge in [-0.05, 0) is 92.9 Å². The van der Waals surface area contributed by atoms with Crippen LogP contribution in [0.4, 0.5) is 0 Å². The second kappa shape index (κ2) is 9.95. The zero-order valence-electron chi connectivity index (χ0n) is 24.0. The molecule has 40 heavy (non-hydrogen) atoms. The second-order valence-corrected chi connectivity index (χ2v) is 13.7. The Hall–Kier alpha value is -1.70. The predicted molar refractivity (Wildman–Crippen MR) is 152 cm³/mol. The van der Waals surface area contributed by atoms with Gasteiger partial charge >= 0.3 is 0 Å². The van der Waals surface area contributed by atoms with Gasteiger partial charge in [0.15, 0.2) is 12.1 Å². The SMILES string of the molecule is C=CC[C@]1(O)CC[C@H]2[C@@H]3CCC4(O)CC5(CCC4=C3[C@@H](c3ccc(OC4CCCCO4)cc3)C[C@@]21C)OCCO5. The summed E-state index contributed by atoms with van der Waals surface area (Å²) < 4.78 is 24.1. The van der Waals surface area contributed by atoms with Gasteiger partial charge in [-0.25, -0.2) is 0 Å². The van der Waals surface area contributed by atoms with Crippen molar-refractivity contribution in [3.63, 3.8) is 0 Å². The van der Waals surface area contributed by atoms with E-state index in [9.17, 15) is 10.2 Å². The molecule has 0 aromatic heterocycles. The maximum absolute atomic E-state index is 12.2. The number of allylic oxidation sites excluding steroid dienone is 1. The lowest BCUT2D eigenvalue weighted by atomic mass is 9.49. The maximum Gasteiger partial charge on any atom is 0.199 e. The third-order valence-electron chi connectivity index (χ3n) is 11.7. The lowest BCUT2D eigenvalue weighted by Crippen LogP contribution is -2.55. The normalized spacial score (nSPS) is 42.3. The van der Waals surface area contributed by atoms with Gasteiger partial charge in [0.1, 0.15) is 5.75 Å². The van der Waals surface area contributed by atoms with E-state index >= 15 is 0 Å². The molecule has 218 valence electrons. The highest BCUT2D eigenvalue weighted by Gasteiger charge is 2.64. The van der Waals surface area contributed by atoms with Gasteiger partial charge in [-0.1, -0.05) is 30.7 Å². The van der Waals surface area contributed by atoms with Crippen molar-refractivity contribution in [2.75, 3.05) is 19.8 Å². The molecule has 2 N–H and O–H groups in total. The Labute approximate surface area is 238 Å². The Morgan fingerprint density at radius 3 is 2.52 bits per heavy atom. The molecule has 1 aromatic carbocycles. The monoisotopic (exact) mass is 550 g/mol. The topological polar surface area (TPSA) is 77.4 Å². The largest absolute Gasteiger partial charge is 0.465 e. The Balaban J connectivity index is 1.27. The molecule has 2 unspecified atom stereocenters. The summed E-state index contributed by atoms with van der Waals surface area (Å²) in [6.07, 6.45) is 12.0. The second-order valence-electron chi connectivity index (χ2n) is 13.7. The van der Waals surface area contributed by atoms with Crippen molar-refractivity contribution in [2.45, 2.75) is 113 Å². The summed E-state index contributed by atoms with van der Waals surface area (Å²) in [6.45, 7) is 8.31. The first-order valence-electron chi connectivity index (χ1n) is 15.7. The van der Waals surface area contributed by atoms with Crippen LogP contribution in [0.5, 0.6) is 5.75 Å². The zero-order valence-corrected chi connectivity index (χ0v) is 24.0. The van der Waals surface area contributed by atoms with Crippen molar-refractivity contribution in [1.29, 1.82) is 0 Å². The molecule has 2 aliphatic heterocycles. The molecule has 0 bridgehead atoms. The average Bonchev–Trinajstić information content (AvgIpc) is 3.50. The quantitative estimate of drug-likeness (QED) is 0.427. The highest BCUT2D eigenvalue weighted by Crippen LogP contribution is 2.68. The van der Waals surface area contributed by atoms with Gasteiger partial charge in [0, 0.05) is 30.6 Å². The van der Waals surface area contributed by atoms with Gasteiger partial charge in [-0.3, -0.25) is 0 Å². The van der Waals surface area contributed by atoms with Crippen molar-refractivity contribution in [2.24, 2.45) is 17.3 Å². The van der Waals surface area contributed by atoms with E-state index in [1.807, 2.05) is 6.08 Å². The van der Waals surface area contributed by atoms with Crippen LogP contribution in [-0.4, -0.2) is 53.3 Å². The van der Waals surface area contributed by atoms with E-state index in [2.05, 4.69) is 37.8 Å². The van der Waals surface area contributed by atoms with Crippen molar-refractivity contribution in [1.82, 2.24) is 0 Å². The van der Waals surface area contributed by atoms with E-state index in [-0.39, 0.29) is 17.6 Å². The molecule has 2 heterocycles. The Morgan fingerprint density at radius 1 is 1.00 bits per heavy atom. The van der Waals surface area contributed by atoms with Crippen LogP contribution < -0.4 is 4.74 Å². The third kappa shape index (κ3) is 4.24. The van der Waals surface area contributed by atoms with Crippen molar-refractivity contribution in [3.8, 4) is 5.75 Å². The van der Waals surface area contributed by atoms with Crippen molar-refractivity contribution < 1.29 is 29.2 Å². The number of fused-ring (bicyclic) bond motifs is 4. The van der Waals surface area contributed by atoms with Crippen LogP contribution in [0.3, 0.4) is 0 Å². The summed E-state index contributed by atoms with van der Waals surface area (Å²) in [5.74, 6) is 1.11. The smallest absolute Gasteiger partial charge is 0.199 e. The van der Waals surface area contributed by atoms with E-state index in [4.69, 9.17) is 18.9 Å². The average molecular weight is 551 g/mol. The molecule has 4 aliphatic carbocycles. The first kappa shape index (κ1) is 27.2. The minimum Gasteiger partial charge on any atom is -0.465 e. The van der Waals surface area contributed by atoms with Gasteiger partial charge in [0.25, 0.3) is 0 Å². The molecule has 0 radical (unpaired) electrons. The number of benzene rings is 1. The Morgan fingerprint density at radius 2 is 1.80 bits per heavy atom. The van der Waals surface area contributed by atoms with E-state index in [1.165, 1.54) is 16.7 Å². The Bertz CT molecular complexity index is 1150. The molecule has 6 aliphatic rings. The van der Waals surface area contributed by atoms with E-state index in [0.717, 1.165) is 76.6 Å². The standard InChI is InChI=1S/C34H46O6/c1-3-14-33(36)16-12-27-25-11-15-32(35)22-34(38-19-20-39-34)17-13-28(32)30(25)26(21-31(27,33)2)23-7-9-24(10-8-23)40-29-6-4-5-18-37-29/h3,7-10,25-27,29,35-36H,1,4-6,11-22H2,2H3/t25-,26+,27-,29?,31-,32?,33-/m0/s1. The van der Waals surface area contributed by atoms with Crippen LogP contribution in [-0.2, 0) is 14.2 Å². The number of hydrogen-bond donors (Lipinski definition) is 2. The molecule has 2 saturated heterocycles. The molecular formula is C34H46O6. The fourth-order valence-electron chi connectivity index (χ4n) is 9.71. The fraction of sp³-hybridized carbons (Fsp3) is 0.706. The third-order valence-corrected chi connectivity index (χ3v) is 11.7. The van der Waals surface area contributed by atoms with Crippen molar-refractivity contribution in [3.05, 3.63) is 53.6 Å². The number of hydrogen-bond acceptors (Lipinski definition) is 6. The van der Waals surface area contributed by atoms with Gasteiger partial charge in [-0.15, -0.1) is 6.58 Å². The molecule has 6 nitrogen and oxygen atoms in total. The van der Waals surface area contributed by atoms with Crippen molar-refractivity contribution >= 4 is 0 Å². The molecular weight excluding hydrogens is 504 g/mol. The highest BCUT2D eigenvalue weighted by atomic mass is 16.7. The highest BCUT2D eigenvalue weighted by molar-refractivity contribution is 5.45. The molecule has 1 spiro atoms. The van der Waals surface area contributed by atoms with Gasteiger partial charge < -0.3 is 29.2 Å². The molecule has 6 heteroatoms. The molecule has 0 amide bonds. The minimum atomic E-state index is -0.891. The lowest BCUT2D eigenvalue weighted by Gasteiger charge is -2.57. The Kier molecular flexibility index (Phi) is 6.75. The maximum atomic E-state index is 12.2. The summed E-state index contributed by atoms with van der Waals surface area (Å²) in [6, 6.07) is 8.58. The lowest BCUT2D eigenvalue weighted by molar-refractivity contribution is -0.208. The summed E-state index contributed by atoms with van der Waals surface area (Å²) in [7, 11) is 0. The predicted octanol–water partition coefficient (Wildman–Crippen LogP) is 6.17. The van der Waals surface area contributed by atoms with Crippen LogP contribution in [0.1, 0.15) is 95.5 Å². The van der Waals surface area contributed by atoms with Crippen LogP contribution in [0.2, 0.25) is 0 Å². The van der Waals surface area contributed by atoms with Crippen LogP contribution in [0, 0.1) is 17.3 Å². The van der Waals surface area contributed by atoms with Gasteiger partial charge in [-0.2, -0.15) is 0 Å². The van der Waals surface area contributed by atoms with Crippen LogP contribution in [0.15, 0.2) is 48.1 Å². The summed E-state index contributed by atoms with van der Waals surface area (Å²) >= 11 is 0. The van der Waals surface area contributed by atoms with Gasteiger partial charge in [0.2, 0.25) is 0 Å². The zero-order chi connectivity index (χ0) is 27.6. The molecule has 7 rings (SSSR count). The number of aliphatic hydroxyl groups is 2. The van der Waals surface area contributed by atoms with E-state index in [1.54, 1.807) is 0 Å². The number of ether oxygens (including phenoxy) is 4. The van der Waals surface area contributed by atoms with E-state index < -0.39 is 17.0 Å². The molecule has 7 atom stereocenters. The van der Waals surface area contributed by atoms with Crippen LogP contribution in [0.25, 0.3) is 0 Å². The molecule has 5 fully saturated rings. The minimum absolute atomic E-state index is 0.141. The molecule has 3 saturated carbocycles. The van der Waals surface area contributed by atoms with Gasteiger partial charge in [0.05, 0.1) is 31.0 Å². The fourth-order valence-corrected chi connectivity index (χ4v) is 9.71. The summed E-state index contributed by atoms with van der Waals surface area (Å²) in [5, 5.41) is 24.3. The first-order valence-corrected chi connectivity index (χ1v) is 15.7. The summed E-state index contributed by atoms with van der Waals surface area (Å²) in [5.41, 5.74) is 2.07. The first-order chi connectivity index (χ1) is 19.3. The number of rotatable bonds is 5.